The lowest BCUT2D eigenvalue weighted by atomic mass is 10.0. The van der Waals surface area contributed by atoms with Crippen molar-refractivity contribution in [2.45, 2.75) is 63.7 Å². The largest absolute Gasteiger partial charge is 0.480 e. The van der Waals surface area contributed by atoms with Crippen LogP contribution in [0.4, 0.5) is 0 Å². The van der Waals surface area contributed by atoms with Crippen LogP contribution in [-0.2, 0) is 25.6 Å². The Kier molecular flexibility index (Phi) is 13.4. The molecule has 0 saturated carbocycles. The molecule has 1 aromatic heterocycles. The molecule has 0 saturated heterocycles. The molecule has 41 heavy (non-hydrogen) atoms. The number of rotatable bonds is 17. The first-order valence-corrected chi connectivity index (χ1v) is 14.8. The highest BCUT2D eigenvalue weighted by Gasteiger charge is 2.31. The van der Waals surface area contributed by atoms with Crippen molar-refractivity contribution in [1.29, 1.82) is 0 Å². The fraction of sp³-hybridized carbons (Fsp3) is 0.519. The summed E-state index contributed by atoms with van der Waals surface area (Å²) in [6.07, 6.45) is 4.38. The van der Waals surface area contributed by atoms with Gasteiger partial charge in [0, 0.05) is 30.1 Å². The van der Waals surface area contributed by atoms with E-state index in [-0.39, 0.29) is 31.3 Å². The minimum absolute atomic E-state index is 0.0270. The highest BCUT2D eigenvalue weighted by Crippen LogP contribution is 2.19. The molecule has 0 bridgehead atoms. The average Bonchev–Trinajstić information content (AvgIpc) is 3.33. The lowest BCUT2D eigenvalue weighted by Gasteiger charge is -2.25. The molecule has 11 N–H and O–H groups in total. The van der Waals surface area contributed by atoms with Crippen LogP contribution in [0.25, 0.3) is 10.9 Å². The molecule has 1 aromatic carbocycles. The monoisotopic (exact) mass is 590 g/mol. The molecule has 1 heterocycles. The second kappa shape index (κ2) is 16.5. The zero-order valence-electron chi connectivity index (χ0n) is 23.7. The third-order valence-corrected chi connectivity index (χ3v) is 7.20. The molecule has 2 aromatic rings. The van der Waals surface area contributed by atoms with Crippen molar-refractivity contribution in [3.63, 3.8) is 0 Å². The first-order chi connectivity index (χ1) is 19.4. The highest BCUT2D eigenvalue weighted by atomic mass is 32.2. The number of carboxylic acid groups (broad SMARTS) is 1. The Morgan fingerprint density at radius 2 is 1.59 bits per heavy atom. The van der Waals surface area contributed by atoms with Gasteiger partial charge in [-0.1, -0.05) is 32.0 Å². The number of benzene rings is 1. The molecule has 0 spiro atoms. The molecule has 0 aliphatic carbocycles. The fourth-order valence-corrected chi connectivity index (χ4v) is 4.58. The number of hydrogen-bond acceptors (Lipinski definition) is 7. The number of nitrogens with one attached hydrogen (secondary N) is 4. The van der Waals surface area contributed by atoms with Crippen molar-refractivity contribution in [2.24, 2.45) is 28.1 Å². The van der Waals surface area contributed by atoms with E-state index >= 15 is 0 Å². The molecule has 0 aliphatic rings. The van der Waals surface area contributed by atoms with Crippen molar-refractivity contribution in [3.8, 4) is 0 Å². The number of nitrogens with two attached hydrogens (primary N) is 3. The Labute approximate surface area is 243 Å². The molecule has 2 rings (SSSR count). The number of carboxylic acids is 1. The van der Waals surface area contributed by atoms with Crippen LogP contribution in [0.2, 0.25) is 0 Å². The van der Waals surface area contributed by atoms with E-state index < -0.39 is 47.9 Å². The van der Waals surface area contributed by atoms with Crippen LogP contribution in [-0.4, -0.2) is 82.5 Å². The average molecular weight is 591 g/mol. The first kappa shape index (κ1) is 33.4. The quantitative estimate of drug-likeness (QED) is 0.0705. The summed E-state index contributed by atoms with van der Waals surface area (Å²) in [5.41, 5.74) is 18.3. The highest BCUT2D eigenvalue weighted by molar-refractivity contribution is 7.98. The predicted octanol–water partition coefficient (Wildman–Crippen LogP) is 0.0394. The summed E-state index contributed by atoms with van der Waals surface area (Å²) in [4.78, 5) is 58.4. The van der Waals surface area contributed by atoms with Gasteiger partial charge in [-0.05, 0) is 48.8 Å². The van der Waals surface area contributed by atoms with Gasteiger partial charge >= 0.3 is 5.97 Å². The summed E-state index contributed by atoms with van der Waals surface area (Å²) in [5.74, 6) is -2.62. The SMILES string of the molecule is CSCCC(NC(=O)C(N)C(C)C)C(=O)NC(CCCN=C(N)N)C(=O)NC(Cc1c[nH]c2ccccc12)C(=O)O. The Balaban J connectivity index is 2.22. The van der Waals surface area contributed by atoms with Gasteiger partial charge in [0.15, 0.2) is 5.96 Å². The van der Waals surface area contributed by atoms with Crippen molar-refractivity contribution in [2.75, 3.05) is 18.6 Å². The number of thioether (sulfide) groups is 1. The number of fused-ring (bicyclic) bond motifs is 1. The van der Waals surface area contributed by atoms with Gasteiger partial charge in [0.05, 0.1) is 6.04 Å². The Hall–Kier alpha value is -3.78. The molecule has 14 heteroatoms. The second-order valence-electron chi connectivity index (χ2n) is 10.1. The maximum atomic E-state index is 13.4. The van der Waals surface area contributed by atoms with Gasteiger partial charge in [-0.25, -0.2) is 4.79 Å². The van der Waals surface area contributed by atoms with E-state index in [1.807, 2.05) is 30.5 Å². The second-order valence-corrected chi connectivity index (χ2v) is 11.1. The van der Waals surface area contributed by atoms with Gasteiger partial charge in [-0.15, -0.1) is 0 Å². The zero-order chi connectivity index (χ0) is 30.5. The lowest BCUT2D eigenvalue weighted by molar-refractivity contribution is -0.142. The standard InChI is InChI=1S/C27H42N8O5S/c1-15(2)22(28)25(38)34-20(10-12-41-3)24(37)33-19(9-6-11-31-27(29)30)23(36)35-21(26(39)40)13-16-14-32-18-8-5-4-7-17(16)18/h4-5,7-8,14-15,19-22,32H,6,9-13,28H2,1-3H3,(H,33,37)(H,34,38)(H,35,36)(H,39,40)(H4,29,30,31). The van der Waals surface area contributed by atoms with Crippen LogP contribution in [0.15, 0.2) is 35.5 Å². The van der Waals surface area contributed by atoms with Crippen molar-refractivity contribution >= 4 is 52.3 Å². The summed E-state index contributed by atoms with van der Waals surface area (Å²) >= 11 is 1.50. The van der Waals surface area contributed by atoms with Crippen LogP contribution < -0.4 is 33.2 Å². The Bertz CT molecular complexity index is 1210. The summed E-state index contributed by atoms with van der Waals surface area (Å²) < 4.78 is 0. The number of carbonyl (C=O) groups excluding carboxylic acids is 3. The number of hydrogen-bond donors (Lipinski definition) is 8. The minimum Gasteiger partial charge on any atom is -0.480 e. The van der Waals surface area contributed by atoms with Crippen molar-refractivity contribution in [3.05, 3.63) is 36.0 Å². The normalized spacial score (nSPS) is 14.1. The van der Waals surface area contributed by atoms with Crippen LogP contribution >= 0.6 is 11.8 Å². The maximum absolute atomic E-state index is 13.4. The number of aliphatic carboxylic acids is 1. The molecule has 3 amide bonds. The molecule has 4 atom stereocenters. The molecular formula is C27H42N8O5S. The van der Waals surface area contributed by atoms with E-state index in [1.54, 1.807) is 20.0 Å². The number of guanidine groups is 1. The van der Waals surface area contributed by atoms with E-state index in [0.717, 1.165) is 16.5 Å². The Morgan fingerprint density at radius 1 is 0.976 bits per heavy atom. The molecule has 0 aliphatic heterocycles. The lowest BCUT2D eigenvalue weighted by Crippen LogP contribution is -2.57. The summed E-state index contributed by atoms with van der Waals surface area (Å²) in [6, 6.07) is 3.34. The molecule has 0 fully saturated rings. The molecule has 4 unspecified atom stereocenters. The first-order valence-electron chi connectivity index (χ1n) is 13.4. The van der Waals surface area contributed by atoms with Crippen LogP contribution in [0, 0.1) is 5.92 Å². The number of aliphatic imine (C=N–C) groups is 1. The minimum atomic E-state index is -1.25. The van der Waals surface area contributed by atoms with Crippen LogP contribution in [0.3, 0.4) is 0 Å². The van der Waals surface area contributed by atoms with E-state index in [4.69, 9.17) is 17.2 Å². The fourth-order valence-electron chi connectivity index (χ4n) is 4.11. The summed E-state index contributed by atoms with van der Waals surface area (Å²) in [6.45, 7) is 3.80. The summed E-state index contributed by atoms with van der Waals surface area (Å²) in [7, 11) is 0. The molecule has 13 nitrogen and oxygen atoms in total. The van der Waals surface area contributed by atoms with Crippen LogP contribution in [0.5, 0.6) is 0 Å². The van der Waals surface area contributed by atoms with Gasteiger partial charge in [0.1, 0.15) is 18.1 Å². The van der Waals surface area contributed by atoms with E-state index in [9.17, 15) is 24.3 Å². The van der Waals surface area contributed by atoms with Gasteiger partial charge in [0.25, 0.3) is 0 Å². The number of amides is 3. The van der Waals surface area contributed by atoms with Gasteiger partial charge in [-0.2, -0.15) is 11.8 Å². The third-order valence-electron chi connectivity index (χ3n) is 6.56. The smallest absolute Gasteiger partial charge is 0.326 e. The third kappa shape index (κ3) is 10.6. The Morgan fingerprint density at radius 3 is 2.20 bits per heavy atom. The molecule has 0 radical (unpaired) electrons. The molecular weight excluding hydrogens is 548 g/mol. The summed E-state index contributed by atoms with van der Waals surface area (Å²) in [5, 5.41) is 18.7. The molecule has 226 valence electrons. The predicted molar refractivity (Wildman–Crippen MR) is 161 cm³/mol. The van der Waals surface area contributed by atoms with E-state index in [1.165, 1.54) is 11.8 Å². The number of carbonyl (C=O) groups is 4. The van der Waals surface area contributed by atoms with Gasteiger partial charge in [0.2, 0.25) is 17.7 Å². The number of aromatic amines is 1. The van der Waals surface area contributed by atoms with Gasteiger partial charge < -0.3 is 43.2 Å². The maximum Gasteiger partial charge on any atom is 0.326 e. The zero-order valence-corrected chi connectivity index (χ0v) is 24.5. The number of aromatic nitrogens is 1. The number of nitrogens with zero attached hydrogens (tertiary/aromatic N) is 1. The van der Waals surface area contributed by atoms with Crippen molar-refractivity contribution < 1.29 is 24.3 Å². The van der Waals surface area contributed by atoms with Gasteiger partial charge in [-0.3, -0.25) is 19.4 Å². The van der Waals surface area contributed by atoms with Crippen LogP contribution in [0.1, 0.15) is 38.7 Å². The topological polar surface area (TPSA) is 231 Å². The number of para-hydroxylation sites is 1. The van der Waals surface area contributed by atoms with Crippen molar-refractivity contribution in [1.82, 2.24) is 20.9 Å². The van der Waals surface area contributed by atoms with E-state index in [0.29, 0.717) is 18.6 Å². The van der Waals surface area contributed by atoms with E-state index in [2.05, 4.69) is 25.9 Å². The number of H-pyrrole nitrogens is 1.